The highest BCUT2D eigenvalue weighted by Crippen LogP contribution is 2.21. The van der Waals surface area contributed by atoms with E-state index in [4.69, 9.17) is 9.15 Å². The van der Waals surface area contributed by atoms with Gasteiger partial charge in [-0.05, 0) is 44.2 Å². The number of carbonyl (C=O) groups excluding carboxylic acids is 1. The normalized spacial score (nSPS) is 11.0. The van der Waals surface area contributed by atoms with E-state index in [2.05, 4.69) is 22.1 Å². The minimum atomic E-state index is -1.09. The minimum Gasteiger partial charge on any atom is -0.497 e. The Morgan fingerprint density at radius 1 is 1.30 bits per heavy atom. The molecular formula is C21H20N2O4. The van der Waals surface area contributed by atoms with Gasteiger partial charge in [0, 0.05) is 17.2 Å². The van der Waals surface area contributed by atoms with E-state index in [1.165, 1.54) is 0 Å². The SMILES string of the molecule is COc1ccc2oc(CNC(=O)c3cccc(C#CC(C)(C)O)c3)nc2c1. The summed E-state index contributed by atoms with van der Waals surface area (Å²) >= 11 is 0. The number of hydrogen-bond donors (Lipinski definition) is 2. The zero-order valence-electron chi connectivity index (χ0n) is 15.4. The van der Waals surface area contributed by atoms with Crippen LogP contribution in [-0.4, -0.2) is 28.7 Å². The molecule has 0 bridgehead atoms. The Morgan fingerprint density at radius 2 is 2.11 bits per heavy atom. The predicted molar refractivity (Wildman–Crippen MR) is 101 cm³/mol. The lowest BCUT2D eigenvalue weighted by atomic mass is 10.1. The van der Waals surface area contributed by atoms with Crippen molar-refractivity contribution in [1.82, 2.24) is 10.3 Å². The van der Waals surface area contributed by atoms with E-state index >= 15 is 0 Å². The van der Waals surface area contributed by atoms with E-state index in [1.807, 2.05) is 0 Å². The first-order chi connectivity index (χ1) is 12.8. The number of methoxy groups -OCH3 is 1. The van der Waals surface area contributed by atoms with Crippen LogP contribution in [0.2, 0.25) is 0 Å². The average Bonchev–Trinajstić information content (AvgIpc) is 3.06. The maximum Gasteiger partial charge on any atom is 0.251 e. The lowest BCUT2D eigenvalue weighted by molar-refractivity contribution is 0.0947. The van der Waals surface area contributed by atoms with E-state index in [0.717, 1.165) is 0 Å². The molecule has 0 atom stereocenters. The number of ether oxygens (including phenoxy) is 1. The highest BCUT2D eigenvalue weighted by atomic mass is 16.5. The maximum absolute atomic E-state index is 12.4. The molecule has 6 nitrogen and oxygen atoms in total. The van der Waals surface area contributed by atoms with Gasteiger partial charge in [-0.2, -0.15) is 0 Å². The molecule has 0 fully saturated rings. The van der Waals surface area contributed by atoms with Gasteiger partial charge in [-0.15, -0.1) is 0 Å². The fourth-order valence-corrected chi connectivity index (χ4v) is 2.38. The van der Waals surface area contributed by atoms with Crippen molar-refractivity contribution in [2.45, 2.75) is 26.0 Å². The third-order valence-electron chi connectivity index (χ3n) is 3.68. The van der Waals surface area contributed by atoms with E-state index in [-0.39, 0.29) is 12.5 Å². The standard InChI is InChI=1S/C21H20N2O4/c1-21(2,25)10-9-14-5-4-6-15(11-14)20(24)22-13-19-23-17-12-16(26-3)7-8-18(17)27-19/h4-8,11-12,25H,13H2,1-3H3,(H,22,24). The highest BCUT2D eigenvalue weighted by molar-refractivity contribution is 5.94. The summed E-state index contributed by atoms with van der Waals surface area (Å²) in [5.41, 5.74) is 1.33. The minimum absolute atomic E-state index is 0.162. The molecule has 1 amide bonds. The van der Waals surface area contributed by atoms with Gasteiger partial charge in [0.05, 0.1) is 13.7 Å². The van der Waals surface area contributed by atoms with Gasteiger partial charge in [0.25, 0.3) is 5.91 Å². The molecule has 0 aliphatic carbocycles. The molecular weight excluding hydrogens is 344 g/mol. The lowest BCUT2D eigenvalue weighted by Gasteiger charge is -2.06. The van der Waals surface area contributed by atoms with Crippen LogP contribution in [0.5, 0.6) is 5.75 Å². The Kier molecular flexibility index (Phi) is 5.15. The molecule has 138 valence electrons. The molecule has 0 radical (unpaired) electrons. The van der Waals surface area contributed by atoms with E-state index in [1.54, 1.807) is 63.4 Å². The number of fused-ring (bicyclic) bond motifs is 1. The van der Waals surface area contributed by atoms with Crippen LogP contribution < -0.4 is 10.1 Å². The molecule has 0 spiro atoms. The molecule has 0 unspecified atom stereocenters. The Bertz CT molecular complexity index is 1040. The summed E-state index contributed by atoms with van der Waals surface area (Å²) in [5.74, 6) is 6.42. The Labute approximate surface area is 157 Å². The van der Waals surface area contributed by atoms with E-state index < -0.39 is 5.60 Å². The number of nitrogens with zero attached hydrogens (tertiary/aromatic N) is 1. The van der Waals surface area contributed by atoms with Crippen molar-refractivity contribution in [3.8, 4) is 17.6 Å². The average molecular weight is 364 g/mol. The molecule has 6 heteroatoms. The van der Waals surface area contributed by atoms with Gasteiger partial charge in [-0.3, -0.25) is 4.79 Å². The molecule has 3 aromatic rings. The fourth-order valence-electron chi connectivity index (χ4n) is 2.38. The maximum atomic E-state index is 12.4. The van der Waals surface area contributed by atoms with Crippen molar-refractivity contribution >= 4 is 17.0 Å². The third kappa shape index (κ3) is 4.87. The van der Waals surface area contributed by atoms with Crippen LogP contribution in [0.3, 0.4) is 0 Å². The van der Waals surface area contributed by atoms with Crippen LogP contribution in [0.25, 0.3) is 11.1 Å². The molecule has 0 saturated heterocycles. The quantitative estimate of drug-likeness (QED) is 0.696. The van der Waals surface area contributed by atoms with Crippen molar-refractivity contribution < 1.29 is 19.1 Å². The van der Waals surface area contributed by atoms with Crippen molar-refractivity contribution in [1.29, 1.82) is 0 Å². The Balaban J connectivity index is 1.69. The number of rotatable bonds is 4. The van der Waals surface area contributed by atoms with Gasteiger partial charge >= 0.3 is 0 Å². The first-order valence-electron chi connectivity index (χ1n) is 8.41. The largest absolute Gasteiger partial charge is 0.497 e. The zero-order chi connectivity index (χ0) is 19.4. The van der Waals surface area contributed by atoms with E-state index in [9.17, 15) is 9.90 Å². The topological polar surface area (TPSA) is 84.6 Å². The Hall–Kier alpha value is -3.30. The first-order valence-corrected chi connectivity index (χ1v) is 8.41. The zero-order valence-corrected chi connectivity index (χ0v) is 15.4. The van der Waals surface area contributed by atoms with Crippen molar-refractivity contribution in [2.24, 2.45) is 0 Å². The number of nitrogens with one attached hydrogen (secondary N) is 1. The molecule has 27 heavy (non-hydrogen) atoms. The monoisotopic (exact) mass is 364 g/mol. The summed E-state index contributed by atoms with van der Waals surface area (Å²) in [7, 11) is 1.59. The smallest absolute Gasteiger partial charge is 0.251 e. The molecule has 1 heterocycles. The summed E-state index contributed by atoms with van der Waals surface area (Å²) in [5, 5.41) is 12.5. The van der Waals surface area contributed by atoms with Crippen LogP contribution in [-0.2, 0) is 6.54 Å². The molecule has 2 N–H and O–H groups in total. The van der Waals surface area contributed by atoms with Crippen LogP contribution >= 0.6 is 0 Å². The van der Waals surface area contributed by atoms with Crippen LogP contribution in [0.15, 0.2) is 46.9 Å². The number of amides is 1. The van der Waals surface area contributed by atoms with Gasteiger partial charge in [0.1, 0.15) is 16.9 Å². The highest BCUT2D eigenvalue weighted by Gasteiger charge is 2.11. The number of hydrogen-bond acceptors (Lipinski definition) is 5. The summed E-state index contributed by atoms with van der Waals surface area (Å²) in [4.78, 5) is 16.7. The first kappa shape index (κ1) is 18.5. The molecule has 1 aromatic heterocycles. The number of benzene rings is 2. The number of aliphatic hydroxyl groups is 1. The van der Waals surface area contributed by atoms with Crippen molar-refractivity contribution in [2.75, 3.05) is 7.11 Å². The van der Waals surface area contributed by atoms with Gasteiger partial charge in [-0.1, -0.05) is 17.9 Å². The van der Waals surface area contributed by atoms with Gasteiger partial charge < -0.3 is 19.6 Å². The summed E-state index contributed by atoms with van der Waals surface area (Å²) in [6.45, 7) is 3.37. The van der Waals surface area contributed by atoms with Gasteiger partial charge in [0.15, 0.2) is 5.58 Å². The Morgan fingerprint density at radius 3 is 2.85 bits per heavy atom. The van der Waals surface area contributed by atoms with Gasteiger partial charge in [0.2, 0.25) is 5.89 Å². The second-order valence-corrected chi connectivity index (χ2v) is 6.51. The number of aromatic nitrogens is 1. The van der Waals surface area contributed by atoms with E-state index in [0.29, 0.717) is 33.9 Å². The van der Waals surface area contributed by atoms with Crippen LogP contribution in [0.1, 0.15) is 35.7 Å². The van der Waals surface area contributed by atoms with Crippen molar-refractivity contribution in [3.63, 3.8) is 0 Å². The summed E-state index contributed by atoms with van der Waals surface area (Å²) in [6, 6.07) is 12.2. The molecule has 0 aliphatic rings. The predicted octanol–water partition coefficient (Wildman–Crippen LogP) is 2.89. The number of carbonyl (C=O) groups is 1. The third-order valence-corrected chi connectivity index (χ3v) is 3.68. The van der Waals surface area contributed by atoms with Crippen LogP contribution in [0, 0.1) is 11.8 Å². The summed E-state index contributed by atoms with van der Waals surface area (Å²) in [6.07, 6.45) is 0. The molecule has 0 aliphatic heterocycles. The van der Waals surface area contributed by atoms with Gasteiger partial charge in [-0.25, -0.2) is 4.98 Å². The number of oxazole rings is 1. The molecule has 2 aromatic carbocycles. The summed E-state index contributed by atoms with van der Waals surface area (Å²) < 4.78 is 10.8. The molecule has 0 saturated carbocycles. The van der Waals surface area contributed by atoms with Crippen molar-refractivity contribution in [3.05, 3.63) is 59.5 Å². The second-order valence-electron chi connectivity index (χ2n) is 6.51. The molecule has 3 rings (SSSR count). The lowest BCUT2D eigenvalue weighted by Crippen LogP contribution is -2.23. The fraction of sp³-hybridized carbons (Fsp3) is 0.238. The second kappa shape index (κ2) is 7.52. The van der Waals surface area contributed by atoms with Crippen LogP contribution in [0.4, 0.5) is 0 Å².